The average Bonchev–Trinajstić information content (AvgIpc) is 3.16. The van der Waals surface area contributed by atoms with Crippen LogP contribution in [0.15, 0.2) is 36.5 Å². The van der Waals surface area contributed by atoms with E-state index >= 15 is 0 Å². The maximum absolute atomic E-state index is 14.0. The number of aliphatic hydroxyl groups excluding tert-OH is 4. The number of carbonyl (C=O) groups is 4. The van der Waals surface area contributed by atoms with Gasteiger partial charge < -0.3 is 39.7 Å². The zero-order valence-electron chi connectivity index (χ0n) is 36.0. The van der Waals surface area contributed by atoms with Crippen LogP contribution in [0.3, 0.4) is 0 Å². The standard InChI is InChI=1S/C45H72O12/c1-12-33-17-15-13-14-16-25(3)42(52)44(11,54)43(53)31(9)40(51)30(8)39(50)29(7)38(49)24(2)18-21-37(48)55-41-28(6)34(20-19-33)56-45(32(41)10)36(47)22-26(4)35(57-45)23-27(5)46/h13-15,17-18,21,24-35,38,40-42,46,49,51-52,54H,12,16,19-20,22-23H2,1-11H3/b14-13+,17-15+,21-18+/t24-,25+,26-,27+,28+,29-,30-,31-,32-,33-,34-,35-,38-,40+,41+,42-,44+,45+/m1/s1. The van der Waals surface area contributed by atoms with E-state index in [9.17, 15) is 44.7 Å². The SMILES string of the molecule is CC[C@@H]1/C=C/C=C/C[C@H](C)[C@@H](O)[C@](C)(O)C(=O)[C@H](C)[C@@H](O)[C@H](C)C(=O)[C@H](C)[C@H](O)[C@H](C)/C=C/C(=O)O[C@H]2[C@@H](C)[C@@H](CC1)O[C@]1(O[C@H](C[C@H](C)O)[C@H](C)CC1=O)[C@@H]2C. The van der Waals surface area contributed by atoms with Crippen molar-refractivity contribution in [3.05, 3.63) is 36.5 Å². The number of hydrogen-bond acceptors (Lipinski definition) is 12. The maximum Gasteiger partial charge on any atom is 0.330 e. The number of hydrogen-bond donors (Lipinski definition) is 5. The maximum atomic E-state index is 14.0. The van der Waals surface area contributed by atoms with Gasteiger partial charge in [0, 0.05) is 42.1 Å². The highest BCUT2D eigenvalue weighted by molar-refractivity contribution is 5.91. The molecule has 2 fully saturated rings. The van der Waals surface area contributed by atoms with Crippen LogP contribution < -0.4 is 0 Å². The number of rotatable bonds is 3. The van der Waals surface area contributed by atoms with Gasteiger partial charge in [0.1, 0.15) is 17.5 Å². The molecule has 0 aromatic rings. The van der Waals surface area contributed by atoms with E-state index < -0.39 is 107 Å². The molecule has 0 unspecified atom stereocenters. The fraction of sp³-hybridized carbons (Fsp3) is 0.778. The molecule has 12 nitrogen and oxygen atoms in total. The van der Waals surface area contributed by atoms with Crippen LogP contribution in [0.1, 0.15) is 115 Å². The monoisotopic (exact) mass is 805 g/mol. The first-order valence-electron chi connectivity index (χ1n) is 21.1. The first kappa shape index (κ1) is 48.8. The van der Waals surface area contributed by atoms with Crippen molar-refractivity contribution < 1.29 is 58.9 Å². The summed E-state index contributed by atoms with van der Waals surface area (Å²) in [5.74, 6) is -9.55. The van der Waals surface area contributed by atoms with Gasteiger partial charge in [0.2, 0.25) is 5.79 Å². The smallest absolute Gasteiger partial charge is 0.330 e. The van der Waals surface area contributed by atoms with Crippen LogP contribution in [0.5, 0.6) is 0 Å². The third-order valence-electron chi connectivity index (χ3n) is 13.2. The summed E-state index contributed by atoms with van der Waals surface area (Å²) in [6.07, 6.45) is 6.53. The van der Waals surface area contributed by atoms with Crippen molar-refractivity contribution in [3.63, 3.8) is 0 Å². The lowest BCUT2D eigenvalue weighted by molar-refractivity contribution is -0.344. The topological polar surface area (TPSA) is 197 Å². The molecular formula is C45H72O12. The first-order valence-corrected chi connectivity index (χ1v) is 21.1. The summed E-state index contributed by atoms with van der Waals surface area (Å²) in [6, 6.07) is 0. The lowest BCUT2D eigenvalue weighted by atomic mass is 9.74. The number of Topliss-reactive ketones (excluding diaryl/α,β-unsaturated/α-hetero) is 3. The number of carbonyl (C=O) groups excluding carboxylic acids is 4. The molecule has 0 amide bonds. The van der Waals surface area contributed by atoms with Gasteiger partial charge in [-0.1, -0.05) is 92.7 Å². The molecule has 0 radical (unpaired) electrons. The van der Waals surface area contributed by atoms with Crippen LogP contribution in [0, 0.1) is 53.3 Å². The summed E-state index contributed by atoms with van der Waals surface area (Å²) >= 11 is 0. The Kier molecular flexibility index (Phi) is 17.6. The molecule has 0 saturated carbocycles. The number of esters is 1. The Morgan fingerprint density at radius 1 is 0.842 bits per heavy atom. The molecule has 3 rings (SSSR count). The Labute approximate surface area is 340 Å². The van der Waals surface area contributed by atoms with E-state index in [1.54, 1.807) is 27.7 Å². The van der Waals surface area contributed by atoms with E-state index in [2.05, 4.69) is 13.0 Å². The van der Waals surface area contributed by atoms with Crippen molar-refractivity contribution >= 4 is 23.3 Å². The second kappa shape index (κ2) is 20.6. The van der Waals surface area contributed by atoms with Gasteiger partial charge in [0.05, 0.1) is 42.5 Å². The van der Waals surface area contributed by atoms with E-state index in [0.717, 1.165) is 6.42 Å². The molecule has 12 heteroatoms. The molecule has 1 spiro atoms. The molecule has 3 aliphatic heterocycles. The van der Waals surface area contributed by atoms with Crippen LogP contribution in [-0.4, -0.2) is 103 Å². The van der Waals surface area contributed by atoms with Crippen LogP contribution in [-0.2, 0) is 33.4 Å². The molecule has 3 heterocycles. The van der Waals surface area contributed by atoms with Gasteiger partial charge in [-0.05, 0) is 63.7 Å². The Morgan fingerprint density at radius 2 is 1.47 bits per heavy atom. The molecule has 324 valence electrons. The highest BCUT2D eigenvalue weighted by Crippen LogP contribution is 2.47. The van der Waals surface area contributed by atoms with Crippen molar-refractivity contribution in [1.82, 2.24) is 0 Å². The van der Waals surface area contributed by atoms with Gasteiger partial charge in [-0.15, -0.1) is 0 Å². The Morgan fingerprint density at radius 3 is 2.09 bits per heavy atom. The molecule has 0 aromatic heterocycles. The summed E-state index contributed by atoms with van der Waals surface area (Å²) < 4.78 is 19.4. The second-order valence-electron chi connectivity index (χ2n) is 17.9. The predicted octanol–water partition coefficient (Wildman–Crippen LogP) is 5.06. The number of allylic oxidation sites excluding steroid dienone is 4. The minimum absolute atomic E-state index is 0.132. The average molecular weight is 805 g/mol. The number of fused-ring (bicyclic) bond motifs is 2. The lowest BCUT2D eigenvalue weighted by Gasteiger charge is -2.54. The lowest BCUT2D eigenvalue weighted by Crippen LogP contribution is -2.66. The quantitative estimate of drug-likeness (QED) is 0.238. The zero-order chi connectivity index (χ0) is 43.2. The van der Waals surface area contributed by atoms with Crippen LogP contribution in [0.4, 0.5) is 0 Å². The first-order chi connectivity index (χ1) is 26.5. The van der Waals surface area contributed by atoms with Gasteiger partial charge in [-0.2, -0.15) is 0 Å². The highest BCUT2D eigenvalue weighted by Gasteiger charge is 2.61. The molecule has 0 aromatic carbocycles. The van der Waals surface area contributed by atoms with E-state index in [0.29, 0.717) is 25.7 Å². The van der Waals surface area contributed by atoms with Gasteiger partial charge >= 0.3 is 5.97 Å². The molecule has 5 N–H and O–H groups in total. The Balaban J connectivity index is 2.02. The van der Waals surface area contributed by atoms with Gasteiger partial charge in [0.25, 0.3) is 0 Å². The minimum Gasteiger partial charge on any atom is -0.458 e. The number of ketones is 3. The van der Waals surface area contributed by atoms with E-state index in [1.807, 2.05) is 32.1 Å². The summed E-state index contributed by atoms with van der Waals surface area (Å²) in [5, 5.41) is 55.0. The normalized spacial score (nSPS) is 46.2. The van der Waals surface area contributed by atoms with Gasteiger partial charge in [-0.25, -0.2) is 4.79 Å². The second-order valence-corrected chi connectivity index (χ2v) is 17.9. The summed E-state index contributed by atoms with van der Waals surface area (Å²) in [7, 11) is 0. The Bertz CT molecular complexity index is 1470. The Hall–Kier alpha value is -2.58. The molecule has 3 aliphatic rings. The van der Waals surface area contributed by atoms with E-state index in [4.69, 9.17) is 14.2 Å². The van der Waals surface area contributed by atoms with Gasteiger partial charge in [-0.3, -0.25) is 14.4 Å². The van der Waals surface area contributed by atoms with Crippen molar-refractivity contribution in [2.24, 2.45) is 53.3 Å². The number of aliphatic hydroxyl groups is 5. The van der Waals surface area contributed by atoms with Gasteiger partial charge in [0.15, 0.2) is 11.6 Å². The van der Waals surface area contributed by atoms with Crippen LogP contribution in [0.2, 0.25) is 0 Å². The van der Waals surface area contributed by atoms with Crippen molar-refractivity contribution in [2.45, 2.75) is 169 Å². The number of ether oxygens (including phenoxy) is 3. The summed E-state index contributed by atoms with van der Waals surface area (Å²) in [4.78, 5) is 54.5. The van der Waals surface area contributed by atoms with Crippen molar-refractivity contribution in [2.75, 3.05) is 0 Å². The van der Waals surface area contributed by atoms with E-state index in [1.165, 1.54) is 39.8 Å². The largest absolute Gasteiger partial charge is 0.458 e. The third-order valence-corrected chi connectivity index (χ3v) is 13.2. The molecule has 2 saturated heterocycles. The fourth-order valence-electron chi connectivity index (χ4n) is 8.91. The molecular weight excluding hydrogens is 732 g/mol. The van der Waals surface area contributed by atoms with Crippen LogP contribution >= 0.6 is 0 Å². The molecule has 2 bridgehead atoms. The molecule has 18 atom stereocenters. The van der Waals surface area contributed by atoms with Crippen LogP contribution in [0.25, 0.3) is 0 Å². The van der Waals surface area contributed by atoms with Crippen molar-refractivity contribution in [1.29, 1.82) is 0 Å². The highest BCUT2D eigenvalue weighted by atomic mass is 16.7. The summed E-state index contributed by atoms with van der Waals surface area (Å²) in [5.41, 5.74) is -2.21. The summed E-state index contributed by atoms with van der Waals surface area (Å²) in [6.45, 7) is 18.3. The van der Waals surface area contributed by atoms with E-state index in [-0.39, 0.29) is 30.0 Å². The fourth-order valence-corrected chi connectivity index (χ4v) is 8.91. The molecule has 0 aliphatic carbocycles. The zero-order valence-corrected chi connectivity index (χ0v) is 36.0. The third kappa shape index (κ3) is 11.4. The van der Waals surface area contributed by atoms with Crippen molar-refractivity contribution in [3.8, 4) is 0 Å². The minimum atomic E-state index is -2.21. The predicted molar refractivity (Wildman–Crippen MR) is 215 cm³/mol. The molecule has 57 heavy (non-hydrogen) atoms.